The highest BCUT2D eigenvalue weighted by atomic mass is 16.7. The number of aromatic hydroxyl groups is 2. The summed E-state index contributed by atoms with van der Waals surface area (Å²) in [6.45, 7) is 5.05. The number of aliphatic hydroxyl groups is 3. The Morgan fingerprint density at radius 3 is 2.26 bits per heavy atom. The number of anilines is 1. The van der Waals surface area contributed by atoms with Gasteiger partial charge in [-0.05, 0) is 31.2 Å². The van der Waals surface area contributed by atoms with Gasteiger partial charge in [-0.1, -0.05) is 44.2 Å². The van der Waals surface area contributed by atoms with Gasteiger partial charge in [0.1, 0.15) is 36.6 Å². The first kappa shape index (κ1) is 44.0. The van der Waals surface area contributed by atoms with E-state index in [0.29, 0.717) is 12.3 Å². The van der Waals surface area contributed by atoms with Crippen LogP contribution in [0.4, 0.5) is 5.69 Å². The monoisotopic (exact) mass is 800 g/mol. The van der Waals surface area contributed by atoms with Crippen molar-refractivity contribution in [1.29, 1.82) is 0 Å². The predicted molar refractivity (Wildman–Crippen MR) is 206 cm³/mol. The van der Waals surface area contributed by atoms with Gasteiger partial charge in [0.25, 0.3) is 0 Å². The molecule has 312 valence electrons. The van der Waals surface area contributed by atoms with E-state index in [1.165, 1.54) is 26.3 Å². The van der Waals surface area contributed by atoms with Gasteiger partial charge in [0.05, 0.1) is 25.0 Å². The molecule has 1 fully saturated rings. The number of carboxylic acid groups (broad SMARTS) is 1. The predicted octanol–water partition coefficient (Wildman–Crippen LogP) is 2.58. The first-order chi connectivity index (χ1) is 27.1. The van der Waals surface area contributed by atoms with Crippen LogP contribution in [0.25, 0.3) is 0 Å². The number of rotatable bonds is 19. The number of methoxy groups -OCH3 is 1. The van der Waals surface area contributed by atoms with Crippen molar-refractivity contribution < 1.29 is 68.6 Å². The number of nitrogens with zero attached hydrogens (tertiary/aromatic N) is 1. The molecule has 1 heterocycles. The molecule has 18 heteroatoms. The molecule has 6 atom stereocenters. The number of esters is 1. The van der Waals surface area contributed by atoms with Gasteiger partial charge >= 0.3 is 11.9 Å². The molecular weight excluding hydrogens is 748 g/mol. The van der Waals surface area contributed by atoms with Gasteiger partial charge in [0, 0.05) is 37.7 Å². The van der Waals surface area contributed by atoms with Crippen LogP contribution in [0, 0.1) is 5.92 Å². The van der Waals surface area contributed by atoms with Crippen LogP contribution in [-0.4, -0.2) is 119 Å². The minimum absolute atomic E-state index is 0.0224. The molecule has 0 amide bonds. The Balaban J connectivity index is 1.56. The molecule has 0 bridgehead atoms. The number of benzene rings is 3. The molecule has 0 aromatic heterocycles. The van der Waals surface area contributed by atoms with Gasteiger partial charge in [-0.2, -0.15) is 0 Å². The summed E-state index contributed by atoms with van der Waals surface area (Å²) in [7, 11) is 2.68. The lowest BCUT2D eigenvalue weighted by atomic mass is 9.99. The molecule has 57 heavy (non-hydrogen) atoms. The number of aliphatic hydroxyl groups excluding tert-OH is 3. The molecule has 0 spiro atoms. The van der Waals surface area contributed by atoms with E-state index in [2.05, 4.69) is 29.5 Å². The maximum Gasteiger partial charge on any atom is 0.342 e. The van der Waals surface area contributed by atoms with Gasteiger partial charge in [-0.25, -0.2) is 9.59 Å². The molecule has 0 saturated carbocycles. The van der Waals surface area contributed by atoms with Crippen LogP contribution in [0.5, 0.6) is 34.5 Å². The molecule has 4 rings (SSSR count). The summed E-state index contributed by atoms with van der Waals surface area (Å²) in [5.74, 6) is -4.15. The standard InChI is InChI=1S/C39H52N4O14/c1-20(2)11-12-21(3)43-25-17-27(26(15-23(25)36(49)50)55-19-42-39(40)41-4)56-38-34(48)33(47)31(45)29(57-38)18-54-37(51)24-16-28(52-5)32(46)35(30(24)44)53-14-13-22-9-7-6-8-10-22/h6-10,15-17,20-21,29,31,33-34,38,43-48H,11-14,18-19H2,1-5H3,(H,49,50)(H3,40,41,42)/t21-,29-,31-,33+,34-,38-/m1/s1. The zero-order valence-electron chi connectivity index (χ0n) is 32.4. The highest BCUT2D eigenvalue weighted by Gasteiger charge is 2.46. The fourth-order valence-electron chi connectivity index (χ4n) is 5.74. The van der Waals surface area contributed by atoms with Gasteiger partial charge in [-0.3, -0.25) is 4.99 Å². The average molecular weight is 801 g/mol. The molecule has 1 aliphatic rings. The Morgan fingerprint density at radius 2 is 1.61 bits per heavy atom. The molecule has 3 aromatic rings. The fraction of sp³-hybridized carbons (Fsp3) is 0.462. The van der Waals surface area contributed by atoms with E-state index in [1.54, 1.807) is 0 Å². The number of carbonyl (C=O) groups is 2. The van der Waals surface area contributed by atoms with Crippen LogP contribution in [-0.2, 0) is 15.9 Å². The second-order valence-corrected chi connectivity index (χ2v) is 13.7. The quantitative estimate of drug-likeness (QED) is 0.0365. The Labute approximate surface area is 329 Å². The van der Waals surface area contributed by atoms with Crippen molar-refractivity contribution in [2.45, 2.75) is 76.8 Å². The fourth-order valence-corrected chi connectivity index (χ4v) is 5.74. The lowest BCUT2D eigenvalue weighted by molar-refractivity contribution is -0.277. The summed E-state index contributed by atoms with van der Waals surface area (Å²) in [5.41, 5.74) is 6.17. The van der Waals surface area contributed by atoms with Crippen LogP contribution in [0.3, 0.4) is 0 Å². The number of hydrogen-bond acceptors (Lipinski definition) is 15. The van der Waals surface area contributed by atoms with Crippen LogP contribution in [0.15, 0.2) is 53.5 Å². The Kier molecular flexibility index (Phi) is 15.8. The number of phenolic OH excluding ortho intramolecular Hbond substituents is 2. The molecule has 1 aliphatic heterocycles. The maximum absolute atomic E-state index is 13.3. The van der Waals surface area contributed by atoms with Crippen molar-refractivity contribution in [3.63, 3.8) is 0 Å². The second kappa shape index (κ2) is 20.5. The van der Waals surface area contributed by atoms with E-state index < -0.39 is 72.1 Å². The Bertz CT molecular complexity index is 1840. The number of aromatic carboxylic acids is 1. The number of ether oxygens (including phenoxy) is 6. The van der Waals surface area contributed by atoms with Crippen molar-refractivity contribution in [2.24, 2.45) is 16.6 Å². The lowest BCUT2D eigenvalue weighted by Gasteiger charge is -2.40. The molecule has 0 aliphatic carbocycles. The third-order valence-corrected chi connectivity index (χ3v) is 9.02. The zero-order chi connectivity index (χ0) is 41.8. The van der Waals surface area contributed by atoms with E-state index in [1.807, 2.05) is 37.3 Å². The van der Waals surface area contributed by atoms with Crippen molar-refractivity contribution in [2.75, 3.05) is 39.4 Å². The van der Waals surface area contributed by atoms with Gasteiger partial charge in [-0.15, -0.1) is 0 Å². The van der Waals surface area contributed by atoms with Gasteiger partial charge in [0.2, 0.25) is 17.8 Å². The number of nitrogens with one attached hydrogen (secondary N) is 2. The molecule has 10 N–H and O–H groups in total. The number of hydrogen-bond donors (Lipinski definition) is 9. The largest absolute Gasteiger partial charge is 0.504 e. The highest BCUT2D eigenvalue weighted by molar-refractivity contribution is 5.96. The smallest absolute Gasteiger partial charge is 0.342 e. The van der Waals surface area contributed by atoms with E-state index in [4.69, 9.17) is 34.2 Å². The number of nitrogens with two attached hydrogens (primary N) is 1. The number of phenols is 2. The summed E-state index contributed by atoms with van der Waals surface area (Å²) in [4.78, 5) is 29.4. The average Bonchev–Trinajstić information content (AvgIpc) is 3.18. The normalized spacial score (nSPS) is 20.0. The number of carbonyl (C=O) groups excluding carboxylic acids is 1. The first-order valence-corrected chi connectivity index (χ1v) is 18.2. The summed E-state index contributed by atoms with van der Waals surface area (Å²) >= 11 is 0. The van der Waals surface area contributed by atoms with Gasteiger partial charge < -0.3 is 75.4 Å². The zero-order valence-corrected chi connectivity index (χ0v) is 32.4. The van der Waals surface area contributed by atoms with Crippen LogP contribution in [0.1, 0.15) is 59.9 Å². The van der Waals surface area contributed by atoms with E-state index >= 15 is 0 Å². The SMILES string of the molecule is CN=C(N)NCOc1cc(C(=O)O)c(N[C@H](C)CCC(C)C)cc1O[C@@H]1O[C@H](COC(=O)c2cc(OC)c(O)c(OCCc3ccccc3)c2O)[C@@H](O)[C@H](O)[C@H]1O. The number of carboxylic acids is 1. The van der Waals surface area contributed by atoms with E-state index in [0.717, 1.165) is 24.5 Å². The summed E-state index contributed by atoms with van der Waals surface area (Å²) in [6.07, 6.45) is -6.76. The van der Waals surface area contributed by atoms with E-state index in [-0.39, 0.29) is 53.8 Å². The van der Waals surface area contributed by atoms with Crippen molar-refractivity contribution in [3.05, 3.63) is 65.2 Å². The van der Waals surface area contributed by atoms with Crippen LogP contribution < -0.4 is 35.3 Å². The summed E-state index contributed by atoms with van der Waals surface area (Å²) < 4.78 is 33.7. The van der Waals surface area contributed by atoms with Crippen molar-refractivity contribution in [3.8, 4) is 34.5 Å². The van der Waals surface area contributed by atoms with Gasteiger partial charge in [0.15, 0.2) is 35.7 Å². The minimum Gasteiger partial charge on any atom is -0.504 e. The third-order valence-electron chi connectivity index (χ3n) is 9.02. The third kappa shape index (κ3) is 11.7. The lowest BCUT2D eigenvalue weighted by Crippen LogP contribution is -2.60. The first-order valence-electron chi connectivity index (χ1n) is 18.2. The van der Waals surface area contributed by atoms with Crippen molar-refractivity contribution >= 4 is 23.6 Å². The Hall–Kier alpha value is -5.69. The second-order valence-electron chi connectivity index (χ2n) is 13.7. The maximum atomic E-state index is 13.3. The van der Waals surface area contributed by atoms with Crippen LogP contribution in [0.2, 0.25) is 0 Å². The van der Waals surface area contributed by atoms with Crippen LogP contribution >= 0.6 is 0 Å². The van der Waals surface area contributed by atoms with Crippen molar-refractivity contribution in [1.82, 2.24) is 5.32 Å². The molecular formula is C39H52N4O14. The molecule has 1 saturated heterocycles. The molecule has 3 aromatic carbocycles. The molecule has 18 nitrogen and oxygen atoms in total. The number of guanidine groups is 1. The van der Waals surface area contributed by atoms with E-state index in [9.17, 15) is 40.2 Å². The molecule has 0 radical (unpaired) electrons. The topological polar surface area (TPSA) is 273 Å². The summed E-state index contributed by atoms with van der Waals surface area (Å²) in [6, 6.07) is 12.7. The number of aliphatic imine (C=N–C) groups is 1. The minimum atomic E-state index is -1.88. The summed E-state index contributed by atoms with van der Waals surface area (Å²) in [5, 5.41) is 70.1. The molecule has 0 unspecified atom stereocenters. The Morgan fingerprint density at radius 1 is 0.912 bits per heavy atom. The highest BCUT2D eigenvalue weighted by Crippen LogP contribution is 2.46.